The lowest BCUT2D eigenvalue weighted by atomic mass is 9.99. The number of hydrogen-bond acceptors (Lipinski definition) is 10. The first kappa shape index (κ1) is 71.4. The molecule has 8 unspecified atom stereocenters. The normalized spacial score (nSPS) is 19.5. The molecular weight excluding hydrogens is 955 g/mol. The van der Waals surface area contributed by atoms with Gasteiger partial charge in [0.05, 0.1) is 25.4 Å². The van der Waals surface area contributed by atoms with Gasteiger partial charge in [0.2, 0.25) is 5.91 Å². The van der Waals surface area contributed by atoms with Crippen LogP contribution in [0.3, 0.4) is 0 Å². The second-order valence-electron chi connectivity index (χ2n) is 21.8. The number of carbonyl (C=O) groups excluding carboxylic acids is 2. The third-order valence-electron chi connectivity index (χ3n) is 14.7. The zero-order valence-corrected chi connectivity index (χ0v) is 48.9. The Labute approximate surface area is 465 Å². The number of nitrogens with one attached hydrogen (secondary N) is 1. The third-order valence-corrected chi connectivity index (χ3v) is 14.7. The minimum absolute atomic E-state index is 0.124. The van der Waals surface area contributed by atoms with Gasteiger partial charge in [0.1, 0.15) is 24.4 Å². The van der Waals surface area contributed by atoms with E-state index < -0.39 is 67.4 Å². The Morgan fingerprint density at radius 2 is 0.908 bits per heavy atom. The standard InChI is InChI=1S/C65H117NO10/c1-4-7-10-13-16-19-22-25-26-27-28-29-30-31-32-33-35-37-40-43-46-49-52-58(69)64(73)66-56(57(68)51-48-45-42-39-36-24-21-18-15-12-9-6-3)55-74-65-63(62(72)61(71)59(54-67)75-65)76-60(70)53-50-47-44-41-38-34-23-20-17-14-11-8-5-2/h16,19,25-26,28-29,31-32,48,51,56-59,61-63,65,67-69,71-72H,4-15,17-18,20-24,27,30,33-47,49-50,52-55H2,1-3H3,(H,66,73)/b19-16-,26-25-,29-28-,32-31-,51-48+. The number of aliphatic hydroxyl groups excluding tert-OH is 5. The summed E-state index contributed by atoms with van der Waals surface area (Å²) >= 11 is 0. The van der Waals surface area contributed by atoms with Crippen molar-refractivity contribution < 1.29 is 49.3 Å². The van der Waals surface area contributed by atoms with Crippen LogP contribution in [0.1, 0.15) is 278 Å². The topological polar surface area (TPSA) is 175 Å². The number of carbonyl (C=O) groups is 2. The van der Waals surface area contributed by atoms with E-state index in [-0.39, 0.29) is 19.4 Å². The van der Waals surface area contributed by atoms with Gasteiger partial charge >= 0.3 is 5.97 Å². The van der Waals surface area contributed by atoms with Crippen molar-refractivity contribution in [1.29, 1.82) is 0 Å². The molecule has 0 aliphatic carbocycles. The van der Waals surface area contributed by atoms with Crippen LogP contribution in [0.4, 0.5) is 0 Å². The molecule has 8 atom stereocenters. The van der Waals surface area contributed by atoms with Crippen molar-refractivity contribution in [2.75, 3.05) is 13.2 Å². The molecule has 11 heteroatoms. The zero-order valence-electron chi connectivity index (χ0n) is 48.9. The lowest BCUT2D eigenvalue weighted by Crippen LogP contribution is -2.61. The molecule has 6 N–H and O–H groups in total. The number of esters is 1. The molecule has 1 fully saturated rings. The highest BCUT2D eigenvalue weighted by Gasteiger charge is 2.47. The van der Waals surface area contributed by atoms with Crippen LogP contribution >= 0.6 is 0 Å². The Morgan fingerprint density at radius 3 is 1.38 bits per heavy atom. The van der Waals surface area contributed by atoms with Gasteiger partial charge < -0.3 is 45.1 Å². The predicted octanol–water partition coefficient (Wildman–Crippen LogP) is 15.0. The molecule has 1 heterocycles. The second kappa shape index (κ2) is 53.0. The number of allylic oxidation sites excluding steroid dienone is 9. The molecule has 1 aliphatic rings. The van der Waals surface area contributed by atoms with Crippen LogP contribution in [-0.4, -0.2) is 99.6 Å². The SMILES string of the molecule is CCCCC/C=C\C/C=C\C/C=C\C/C=C\CCCCCCCCC(O)C(=O)NC(COC1OC(CO)C(O)C(O)C1OC(=O)CCCCCCCCCCCCCCC)C(O)/C=C/CCCCCCCCCCCC. The van der Waals surface area contributed by atoms with Gasteiger partial charge in [-0.3, -0.25) is 9.59 Å². The van der Waals surface area contributed by atoms with E-state index >= 15 is 0 Å². The number of rotatable bonds is 53. The average Bonchev–Trinajstić information content (AvgIpc) is 3.42. The van der Waals surface area contributed by atoms with Crippen LogP contribution in [0.2, 0.25) is 0 Å². The summed E-state index contributed by atoms with van der Waals surface area (Å²) in [5.74, 6) is -1.20. The Balaban J connectivity index is 2.67. The van der Waals surface area contributed by atoms with Crippen LogP contribution in [0.5, 0.6) is 0 Å². The first-order valence-electron chi connectivity index (χ1n) is 31.6. The van der Waals surface area contributed by atoms with E-state index in [9.17, 15) is 35.1 Å². The molecule has 0 spiro atoms. The number of ether oxygens (including phenoxy) is 3. The first-order chi connectivity index (χ1) is 37.2. The fourth-order valence-corrected chi connectivity index (χ4v) is 9.64. The van der Waals surface area contributed by atoms with Crippen LogP contribution in [0, 0.1) is 0 Å². The van der Waals surface area contributed by atoms with E-state index in [0.717, 1.165) is 96.3 Å². The van der Waals surface area contributed by atoms with E-state index in [0.29, 0.717) is 12.8 Å². The molecule has 0 aromatic heterocycles. The van der Waals surface area contributed by atoms with Gasteiger partial charge in [0, 0.05) is 6.42 Å². The Bertz CT molecular complexity index is 1460. The third kappa shape index (κ3) is 40.5. The quantitative estimate of drug-likeness (QED) is 0.0195. The summed E-state index contributed by atoms with van der Waals surface area (Å²) in [5, 5.41) is 57.0. The molecule has 76 heavy (non-hydrogen) atoms. The summed E-state index contributed by atoms with van der Waals surface area (Å²) in [4.78, 5) is 26.5. The fourth-order valence-electron chi connectivity index (χ4n) is 9.64. The van der Waals surface area contributed by atoms with Crippen molar-refractivity contribution in [1.82, 2.24) is 5.32 Å². The Hall–Kier alpha value is -2.64. The summed E-state index contributed by atoms with van der Waals surface area (Å²) in [5.41, 5.74) is 0. The summed E-state index contributed by atoms with van der Waals surface area (Å²) in [6, 6.07) is -1.03. The minimum atomic E-state index is -1.61. The highest BCUT2D eigenvalue weighted by molar-refractivity contribution is 5.80. The summed E-state index contributed by atoms with van der Waals surface area (Å²) in [7, 11) is 0. The minimum Gasteiger partial charge on any atom is -0.454 e. The molecule has 0 saturated carbocycles. The van der Waals surface area contributed by atoms with Crippen LogP contribution < -0.4 is 5.32 Å². The maximum atomic E-state index is 13.4. The van der Waals surface area contributed by atoms with E-state index in [1.165, 1.54) is 135 Å². The molecule has 0 radical (unpaired) electrons. The maximum Gasteiger partial charge on any atom is 0.306 e. The number of hydrogen-bond donors (Lipinski definition) is 6. The largest absolute Gasteiger partial charge is 0.454 e. The lowest BCUT2D eigenvalue weighted by molar-refractivity contribution is -0.305. The van der Waals surface area contributed by atoms with Gasteiger partial charge in [0.25, 0.3) is 0 Å². The first-order valence-corrected chi connectivity index (χ1v) is 31.6. The van der Waals surface area contributed by atoms with Gasteiger partial charge in [-0.15, -0.1) is 0 Å². The number of amides is 1. The molecule has 1 saturated heterocycles. The van der Waals surface area contributed by atoms with Crippen molar-refractivity contribution >= 4 is 11.9 Å². The number of aliphatic hydroxyl groups is 5. The van der Waals surface area contributed by atoms with Crippen molar-refractivity contribution in [3.05, 3.63) is 60.8 Å². The Morgan fingerprint density at radius 1 is 0.513 bits per heavy atom. The van der Waals surface area contributed by atoms with E-state index in [1.54, 1.807) is 6.08 Å². The smallest absolute Gasteiger partial charge is 0.306 e. The van der Waals surface area contributed by atoms with Crippen molar-refractivity contribution in [2.45, 2.75) is 327 Å². The molecule has 0 aromatic rings. The van der Waals surface area contributed by atoms with E-state index in [2.05, 4.69) is 74.7 Å². The monoisotopic (exact) mass is 1070 g/mol. The maximum absolute atomic E-state index is 13.4. The van der Waals surface area contributed by atoms with Crippen LogP contribution in [0.15, 0.2) is 60.8 Å². The van der Waals surface area contributed by atoms with E-state index in [1.807, 2.05) is 6.08 Å². The number of unbranched alkanes of at least 4 members (excludes halogenated alkanes) is 31. The molecule has 1 rings (SSSR count). The zero-order chi connectivity index (χ0) is 55.4. The predicted molar refractivity (Wildman–Crippen MR) is 315 cm³/mol. The summed E-state index contributed by atoms with van der Waals surface area (Å²) < 4.78 is 17.6. The molecule has 0 bridgehead atoms. The van der Waals surface area contributed by atoms with Gasteiger partial charge in [-0.1, -0.05) is 261 Å². The van der Waals surface area contributed by atoms with Gasteiger partial charge in [-0.2, -0.15) is 0 Å². The molecular formula is C65H117NO10. The fraction of sp³-hybridized carbons (Fsp3) is 0.815. The lowest BCUT2D eigenvalue weighted by Gasteiger charge is -2.41. The highest BCUT2D eigenvalue weighted by Crippen LogP contribution is 2.26. The van der Waals surface area contributed by atoms with Gasteiger partial charge in [-0.05, 0) is 70.6 Å². The highest BCUT2D eigenvalue weighted by atomic mass is 16.7. The van der Waals surface area contributed by atoms with Crippen molar-refractivity contribution in [3.63, 3.8) is 0 Å². The average molecular weight is 1070 g/mol. The van der Waals surface area contributed by atoms with Gasteiger partial charge in [0.15, 0.2) is 12.4 Å². The summed E-state index contributed by atoms with van der Waals surface area (Å²) in [6.07, 6.45) is 55.4. The molecule has 11 nitrogen and oxygen atoms in total. The van der Waals surface area contributed by atoms with Crippen LogP contribution in [0.25, 0.3) is 0 Å². The van der Waals surface area contributed by atoms with Crippen LogP contribution in [-0.2, 0) is 23.8 Å². The van der Waals surface area contributed by atoms with Crippen molar-refractivity contribution in [2.24, 2.45) is 0 Å². The summed E-state index contributed by atoms with van der Waals surface area (Å²) in [6.45, 7) is 5.76. The molecule has 1 amide bonds. The second-order valence-corrected chi connectivity index (χ2v) is 21.8. The molecule has 442 valence electrons. The Kier molecular flexibility index (Phi) is 49.8. The van der Waals surface area contributed by atoms with Crippen molar-refractivity contribution in [3.8, 4) is 0 Å². The molecule has 1 aliphatic heterocycles. The molecule has 0 aromatic carbocycles. The van der Waals surface area contributed by atoms with Gasteiger partial charge in [-0.25, -0.2) is 0 Å². The van der Waals surface area contributed by atoms with E-state index in [4.69, 9.17) is 14.2 Å².